The van der Waals surface area contributed by atoms with E-state index < -0.39 is 0 Å². The SMILES string of the molecule is O=C1NCCCN1CC1CCCC1CO. The molecular formula is C11H20N2O2. The van der Waals surface area contributed by atoms with Gasteiger partial charge in [-0.15, -0.1) is 0 Å². The highest BCUT2D eigenvalue weighted by molar-refractivity contribution is 5.74. The Balaban J connectivity index is 1.86. The van der Waals surface area contributed by atoms with Gasteiger partial charge in [-0.2, -0.15) is 0 Å². The number of nitrogens with one attached hydrogen (secondary N) is 1. The Morgan fingerprint density at radius 2 is 2.13 bits per heavy atom. The average Bonchev–Trinajstić information content (AvgIpc) is 2.69. The van der Waals surface area contributed by atoms with Crippen molar-refractivity contribution in [1.82, 2.24) is 10.2 Å². The number of urea groups is 1. The molecule has 1 aliphatic heterocycles. The summed E-state index contributed by atoms with van der Waals surface area (Å²) in [5.41, 5.74) is 0. The summed E-state index contributed by atoms with van der Waals surface area (Å²) in [5, 5.41) is 12.1. The smallest absolute Gasteiger partial charge is 0.317 e. The molecule has 2 fully saturated rings. The molecule has 1 aliphatic carbocycles. The number of nitrogens with zero attached hydrogens (tertiary/aromatic N) is 1. The predicted octanol–water partition coefficient (Wildman–Crippen LogP) is 0.810. The maximum Gasteiger partial charge on any atom is 0.317 e. The molecule has 1 saturated heterocycles. The largest absolute Gasteiger partial charge is 0.396 e. The van der Waals surface area contributed by atoms with E-state index in [2.05, 4.69) is 5.32 Å². The summed E-state index contributed by atoms with van der Waals surface area (Å²) in [6.45, 7) is 2.79. The third-order valence-electron chi connectivity index (χ3n) is 3.67. The Bertz CT molecular complexity index is 233. The topological polar surface area (TPSA) is 52.6 Å². The van der Waals surface area contributed by atoms with Crippen molar-refractivity contribution in [2.45, 2.75) is 25.7 Å². The first-order chi connectivity index (χ1) is 7.31. The van der Waals surface area contributed by atoms with Crippen LogP contribution in [0, 0.1) is 11.8 Å². The van der Waals surface area contributed by atoms with E-state index in [1.54, 1.807) is 0 Å². The minimum atomic E-state index is 0.0739. The average molecular weight is 212 g/mol. The van der Waals surface area contributed by atoms with Crippen molar-refractivity contribution in [2.24, 2.45) is 11.8 Å². The number of aliphatic hydroxyl groups excluding tert-OH is 1. The van der Waals surface area contributed by atoms with Crippen LogP contribution in [-0.4, -0.2) is 42.3 Å². The predicted molar refractivity (Wildman–Crippen MR) is 57.5 cm³/mol. The number of aliphatic hydroxyl groups is 1. The molecule has 2 rings (SSSR count). The molecule has 0 aromatic carbocycles. The summed E-state index contributed by atoms with van der Waals surface area (Å²) in [6, 6.07) is 0.0739. The van der Waals surface area contributed by atoms with Crippen molar-refractivity contribution in [3.63, 3.8) is 0 Å². The molecule has 2 N–H and O–H groups in total. The maximum atomic E-state index is 11.5. The molecular weight excluding hydrogens is 192 g/mol. The number of carbonyl (C=O) groups excluding carboxylic acids is 1. The van der Waals surface area contributed by atoms with Gasteiger partial charge in [-0.1, -0.05) is 6.42 Å². The van der Waals surface area contributed by atoms with Crippen LogP contribution in [0.4, 0.5) is 4.79 Å². The Morgan fingerprint density at radius 3 is 2.87 bits per heavy atom. The zero-order chi connectivity index (χ0) is 10.7. The van der Waals surface area contributed by atoms with E-state index in [4.69, 9.17) is 0 Å². The van der Waals surface area contributed by atoms with Gasteiger partial charge in [0.2, 0.25) is 0 Å². The zero-order valence-electron chi connectivity index (χ0n) is 9.11. The van der Waals surface area contributed by atoms with Crippen molar-refractivity contribution in [2.75, 3.05) is 26.2 Å². The van der Waals surface area contributed by atoms with Crippen LogP contribution in [0.3, 0.4) is 0 Å². The molecule has 2 aliphatic rings. The number of hydrogen-bond acceptors (Lipinski definition) is 2. The maximum absolute atomic E-state index is 11.5. The molecule has 4 heteroatoms. The van der Waals surface area contributed by atoms with Crippen molar-refractivity contribution < 1.29 is 9.90 Å². The highest BCUT2D eigenvalue weighted by atomic mass is 16.3. The highest BCUT2D eigenvalue weighted by Gasteiger charge is 2.30. The van der Waals surface area contributed by atoms with Crippen LogP contribution >= 0.6 is 0 Å². The van der Waals surface area contributed by atoms with E-state index in [-0.39, 0.29) is 12.6 Å². The van der Waals surface area contributed by atoms with Gasteiger partial charge in [0.15, 0.2) is 0 Å². The van der Waals surface area contributed by atoms with E-state index in [1.165, 1.54) is 6.42 Å². The normalized spacial score (nSPS) is 31.8. The fourth-order valence-corrected chi connectivity index (χ4v) is 2.73. The van der Waals surface area contributed by atoms with Gasteiger partial charge in [0.05, 0.1) is 0 Å². The lowest BCUT2D eigenvalue weighted by atomic mass is 9.96. The van der Waals surface area contributed by atoms with Gasteiger partial charge < -0.3 is 15.3 Å². The Hall–Kier alpha value is -0.770. The standard InChI is InChI=1S/C11H20N2O2/c14-8-10-4-1-3-9(10)7-13-6-2-5-12-11(13)15/h9-10,14H,1-8H2,(H,12,15). The molecule has 1 saturated carbocycles. The van der Waals surface area contributed by atoms with Gasteiger partial charge in [0.1, 0.15) is 0 Å². The fourth-order valence-electron chi connectivity index (χ4n) is 2.73. The minimum Gasteiger partial charge on any atom is -0.396 e. The second-order valence-corrected chi connectivity index (χ2v) is 4.67. The summed E-state index contributed by atoms with van der Waals surface area (Å²) in [4.78, 5) is 13.4. The molecule has 0 spiro atoms. The second-order valence-electron chi connectivity index (χ2n) is 4.67. The number of rotatable bonds is 3. The van der Waals surface area contributed by atoms with Gasteiger partial charge in [0.25, 0.3) is 0 Å². The molecule has 4 nitrogen and oxygen atoms in total. The molecule has 1 heterocycles. The van der Waals surface area contributed by atoms with Crippen molar-refractivity contribution in [1.29, 1.82) is 0 Å². The van der Waals surface area contributed by atoms with Crippen LogP contribution in [0.2, 0.25) is 0 Å². The first kappa shape index (κ1) is 10.7. The lowest BCUT2D eigenvalue weighted by molar-refractivity contribution is 0.145. The van der Waals surface area contributed by atoms with Crippen LogP contribution in [0.5, 0.6) is 0 Å². The quantitative estimate of drug-likeness (QED) is 0.727. The van der Waals surface area contributed by atoms with E-state index in [0.717, 1.165) is 38.9 Å². The molecule has 2 amide bonds. The summed E-state index contributed by atoms with van der Waals surface area (Å²) in [7, 11) is 0. The highest BCUT2D eigenvalue weighted by Crippen LogP contribution is 2.32. The molecule has 86 valence electrons. The number of amides is 2. The van der Waals surface area contributed by atoms with Gasteiger partial charge in [-0.25, -0.2) is 4.79 Å². The van der Waals surface area contributed by atoms with Crippen molar-refractivity contribution in [3.05, 3.63) is 0 Å². The summed E-state index contributed by atoms with van der Waals surface area (Å²) >= 11 is 0. The number of hydrogen-bond donors (Lipinski definition) is 2. The van der Waals surface area contributed by atoms with E-state index in [0.29, 0.717) is 11.8 Å². The second kappa shape index (κ2) is 4.84. The van der Waals surface area contributed by atoms with Crippen molar-refractivity contribution >= 4 is 6.03 Å². The van der Waals surface area contributed by atoms with Crippen LogP contribution in [0.15, 0.2) is 0 Å². The molecule has 0 radical (unpaired) electrons. The van der Waals surface area contributed by atoms with E-state index in [1.807, 2.05) is 4.90 Å². The summed E-state index contributed by atoms with van der Waals surface area (Å²) < 4.78 is 0. The van der Waals surface area contributed by atoms with Crippen LogP contribution in [0.25, 0.3) is 0 Å². The zero-order valence-corrected chi connectivity index (χ0v) is 9.11. The molecule has 2 atom stereocenters. The van der Waals surface area contributed by atoms with Gasteiger partial charge >= 0.3 is 6.03 Å². The number of carbonyl (C=O) groups is 1. The van der Waals surface area contributed by atoms with Crippen molar-refractivity contribution in [3.8, 4) is 0 Å². The molecule has 0 aromatic heterocycles. The van der Waals surface area contributed by atoms with Gasteiger partial charge in [-0.3, -0.25) is 0 Å². The van der Waals surface area contributed by atoms with Gasteiger partial charge in [-0.05, 0) is 31.1 Å². The Kier molecular flexibility index (Phi) is 3.46. The summed E-state index contributed by atoms with van der Waals surface area (Å²) in [6.07, 6.45) is 4.53. The van der Waals surface area contributed by atoms with Gasteiger partial charge in [0, 0.05) is 26.2 Å². The Labute approximate surface area is 90.6 Å². The summed E-state index contributed by atoms with van der Waals surface area (Å²) in [5.74, 6) is 0.929. The third-order valence-corrected chi connectivity index (χ3v) is 3.67. The lowest BCUT2D eigenvalue weighted by Gasteiger charge is -2.31. The van der Waals surface area contributed by atoms with Crippen LogP contribution in [-0.2, 0) is 0 Å². The fraction of sp³-hybridized carbons (Fsp3) is 0.909. The Morgan fingerprint density at radius 1 is 1.33 bits per heavy atom. The monoisotopic (exact) mass is 212 g/mol. The molecule has 0 bridgehead atoms. The molecule has 0 aromatic rings. The third kappa shape index (κ3) is 2.43. The van der Waals surface area contributed by atoms with Crippen LogP contribution < -0.4 is 5.32 Å². The molecule has 2 unspecified atom stereocenters. The minimum absolute atomic E-state index is 0.0739. The first-order valence-corrected chi connectivity index (χ1v) is 5.95. The first-order valence-electron chi connectivity index (χ1n) is 5.95. The lowest BCUT2D eigenvalue weighted by Crippen LogP contribution is -2.48. The molecule has 15 heavy (non-hydrogen) atoms. The van der Waals surface area contributed by atoms with E-state index >= 15 is 0 Å². The van der Waals surface area contributed by atoms with E-state index in [9.17, 15) is 9.90 Å². The van der Waals surface area contributed by atoms with Crippen LogP contribution in [0.1, 0.15) is 25.7 Å².